The summed E-state index contributed by atoms with van der Waals surface area (Å²) in [4.78, 5) is 3.96. The minimum Gasteiger partial charge on any atom is -0.384 e. The van der Waals surface area contributed by atoms with Gasteiger partial charge in [0.05, 0.1) is 0 Å². The van der Waals surface area contributed by atoms with Crippen molar-refractivity contribution in [3.8, 4) is 0 Å². The third kappa shape index (κ3) is 1.80. The maximum Gasteiger partial charge on any atom is 0.106 e. The van der Waals surface area contributed by atoms with Crippen molar-refractivity contribution in [3.05, 3.63) is 66.0 Å². The second-order valence-corrected chi connectivity index (χ2v) is 3.01. The van der Waals surface area contributed by atoms with Gasteiger partial charge in [0.15, 0.2) is 0 Å². The van der Waals surface area contributed by atoms with E-state index in [1.54, 1.807) is 18.5 Å². The molecular formula is C12H10NO. The van der Waals surface area contributed by atoms with E-state index in [2.05, 4.69) is 11.1 Å². The fourth-order valence-electron chi connectivity index (χ4n) is 1.29. The van der Waals surface area contributed by atoms with E-state index < -0.39 is 6.10 Å². The molecule has 0 saturated carbocycles. The first-order chi connectivity index (χ1) is 6.88. The van der Waals surface area contributed by atoms with Crippen LogP contribution in [0.1, 0.15) is 17.2 Å². The summed E-state index contributed by atoms with van der Waals surface area (Å²) < 4.78 is 0. The third-order valence-corrected chi connectivity index (χ3v) is 2.03. The van der Waals surface area contributed by atoms with Crippen LogP contribution in [0.2, 0.25) is 0 Å². The number of pyridine rings is 1. The van der Waals surface area contributed by atoms with Crippen molar-refractivity contribution < 1.29 is 5.11 Å². The Morgan fingerprint density at radius 3 is 2.79 bits per heavy atom. The summed E-state index contributed by atoms with van der Waals surface area (Å²) in [6, 6.07) is 14.0. The monoisotopic (exact) mass is 184 g/mol. The molecule has 2 rings (SSSR count). The van der Waals surface area contributed by atoms with E-state index in [-0.39, 0.29) is 0 Å². The number of aliphatic hydroxyl groups is 1. The van der Waals surface area contributed by atoms with Crippen molar-refractivity contribution in [2.75, 3.05) is 0 Å². The molecule has 0 aliphatic heterocycles. The van der Waals surface area contributed by atoms with Crippen molar-refractivity contribution in [2.45, 2.75) is 6.10 Å². The average Bonchev–Trinajstić information content (AvgIpc) is 2.30. The van der Waals surface area contributed by atoms with Gasteiger partial charge in [-0.05, 0) is 17.7 Å². The lowest BCUT2D eigenvalue weighted by molar-refractivity contribution is 0.219. The summed E-state index contributed by atoms with van der Waals surface area (Å²) in [5.41, 5.74) is 1.55. The van der Waals surface area contributed by atoms with Gasteiger partial charge in [-0.3, -0.25) is 4.98 Å². The highest BCUT2D eigenvalue weighted by Gasteiger charge is 2.08. The summed E-state index contributed by atoms with van der Waals surface area (Å²) in [7, 11) is 0. The van der Waals surface area contributed by atoms with Gasteiger partial charge in [0.2, 0.25) is 0 Å². The predicted octanol–water partition coefficient (Wildman–Crippen LogP) is 1.96. The fourth-order valence-corrected chi connectivity index (χ4v) is 1.29. The Labute approximate surface area is 82.9 Å². The number of aliphatic hydroxyl groups excluding tert-OH is 1. The Bertz CT molecular complexity index is 346. The molecule has 0 aliphatic carbocycles. The van der Waals surface area contributed by atoms with Gasteiger partial charge in [0.25, 0.3) is 0 Å². The van der Waals surface area contributed by atoms with Crippen molar-refractivity contribution >= 4 is 0 Å². The van der Waals surface area contributed by atoms with E-state index in [9.17, 15) is 5.11 Å². The van der Waals surface area contributed by atoms with Crippen LogP contribution in [0.25, 0.3) is 0 Å². The van der Waals surface area contributed by atoms with Crippen LogP contribution in [0.15, 0.2) is 48.8 Å². The van der Waals surface area contributed by atoms with Gasteiger partial charge >= 0.3 is 0 Å². The Balaban J connectivity index is 2.30. The van der Waals surface area contributed by atoms with Gasteiger partial charge in [-0.15, -0.1) is 0 Å². The molecule has 0 aliphatic rings. The molecular weight excluding hydrogens is 174 g/mol. The molecule has 0 saturated heterocycles. The van der Waals surface area contributed by atoms with Crippen LogP contribution < -0.4 is 0 Å². The molecule has 1 radical (unpaired) electrons. The first kappa shape index (κ1) is 8.91. The average molecular weight is 184 g/mol. The summed E-state index contributed by atoms with van der Waals surface area (Å²) in [5, 5.41) is 9.92. The molecule has 2 aromatic rings. The molecule has 14 heavy (non-hydrogen) atoms. The molecule has 2 nitrogen and oxygen atoms in total. The van der Waals surface area contributed by atoms with Gasteiger partial charge in [0.1, 0.15) is 6.10 Å². The van der Waals surface area contributed by atoms with E-state index in [0.29, 0.717) is 0 Å². The number of benzene rings is 1. The quantitative estimate of drug-likeness (QED) is 0.774. The summed E-state index contributed by atoms with van der Waals surface area (Å²) >= 11 is 0. The van der Waals surface area contributed by atoms with E-state index in [1.165, 1.54) is 0 Å². The van der Waals surface area contributed by atoms with Crippen LogP contribution in [0, 0.1) is 6.07 Å². The van der Waals surface area contributed by atoms with E-state index in [4.69, 9.17) is 0 Å². The Hall–Kier alpha value is -1.67. The van der Waals surface area contributed by atoms with E-state index in [1.807, 2.05) is 30.3 Å². The number of rotatable bonds is 2. The van der Waals surface area contributed by atoms with Crippen LogP contribution in [-0.4, -0.2) is 10.1 Å². The highest BCUT2D eigenvalue weighted by atomic mass is 16.3. The molecule has 0 spiro atoms. The smallest absolute Gasteiger partial charge is 0.106 e. The van der Waals surface area contributed by atoms with E-state index in [0.717, 1.165) is 11.1 Å². The molecule has 69 valence electrons. The van der Waals surface area contributed by atoms with Crippen LogP contribution >= 0.6 is 0 Å². The summed E-state index contributed by atoms with van der Waals surface area (Å²) in [5.74, 6) is 0. The lowest BCUT2D eigenvalue weighted by Crippen LogP contribution is -1.99. The van der Waals surface area contributed by atoms with Crippen molar-refractivity contribution in [1.29, 1.82) is 0 Å². The Morgan fingerprint density at radius 2 is 2.14 bits per heavy atom. The SMILES string of the molecule is OC(c1[c]cccc1)c1cccnc1. The first-order valence-corrected chi connectivity index (χ1v) is 4.42. The second kappa shape index (κ2) is 4.03. The molecule has 0 fully saturated rings. The zero-order chi connectivity index (χ0) is 9.80. The minimum atomic E-state index is -0.634. The second-order valence-electron chi connectivity index (χ2n) is 3.01. The van der Waals surface area contributed by atoms with Gasteiger partial charge in [-0.1, -0.05) is 30.3 Å². The normalized spacial score (nSPS) is 12.4. The maximum atomic E-state index is 9.92. The lowest BCUT2D eigenvalue weighted by atomic mass is 10.0. The highest BCUT2D eigenvalue weighted by Crippen LogP contribution is 2.19. The van der Waals surface area contributed by atoms with Gasteiger partial charge < -0.3 is 5.11 Å². The Kier molecular flexibility index (Phi) is 2.56. The van der Waals surface area contributed by atoms with Crippen molar-refractivity contribution in [3.63, 3.8) is 0 Å². The number of hydrogen-bond acceptors (Lipinski definition) is 2. The van der Waals surface area contributed by atoms with Crippen LogP contribution in [-0.2, 0) is 0 Å². The maximum absolute atomic E-state index is 9.92. The molecule has 1 unspecified atom stereocenters. The topological polar surface area (TPSA) is 33.1 Å². The molecule has 1 heterocycles. The van der Waals surface area contributed by atoms with Gasteiger partial charge in [-0.2, -0.15) is 0 Å². The molecule has 0 amide bonds. The molecule has 1 aromatic carbocycles. The number of aromatic nitrogens is 1. The molecule has 0 bridgehead atoms. The number of hydrogen-bond donors (Lipinski definition) is 1. The third-order valence-electron chi connectivity index (χ3n) is 2.03. The predicted molar refractivity (Wildman–Crippen MR) is 53.6 cm³/mol. The first-order valence-electron chi connectivity index (χ1n) is 4.42. The molecule has 1 atom stereocenters. The summed E-state index contributed by atoms with van der Waals surface area (Å²) in [6.45, 7) is 0. The van der Waals surface area contributed by atoms with Crippen LogP contribution in [0.4, 0.5) is 0 Å². The minimum absolute atomic E-state index is 0.634. The molecule has 1 N–H and O–H groups in total. The summed E-state index contributed by atoms with van der Waals surface area (Å²) in [6.07, 6.45) is 2.71. The zero-order valence-electron chi connectivity index (χ0n) is 7.59. The molecule has 1 aromatic heterocycles. The standard InChI is InChI=1S/C12H10NO/c14-12(10-5-2-1-3-6-10)11-7-4-8-13-9-11/h1-5,7-9,12,14H. The highest BCUT2D eigenvalue weighted by molar-refractivity contribution is 5.26. The van der Waals surface area contributed by atoms with Crippen molar-refractivity contribution in [1.82, 2.24) is 4.98 Å². The largest absolute Gasteiger partial charge is 0.384 e. The fraction of sp³-hybridized carbons (Fsp3) is 0.0833. The van der Waals surface area contributed by atoms with Crippen molar-refractivity contribution in [2.24, 2.45) is 0 Å². The molecule has 2 heteroatoms. The van der Waals surface area contributed by atoms with Crippen LogP contribution in [0.5, 0.6) is 0 Å². The number of nitrogens with zero attached hydrogens (tertiary/aromatic N) is 1. The Morgan fingerprint density at radius 1 is 1.21 bits per heavy atom. The lowest BCUT2D eigenvalue weighted by Gasteiger charge is -2.09. The van der Waals surface area contributed by atoms with E-state index >= 15 is 0 Å². The van der Waals surface area contributed by atoms with Crippen LogP contribution in [0.3, 0.4) is 0 Å². The van der Waals surface area contributed by atoms with Gasteiger partial charge in [-0.25, -0.2) is 0 Å². The van der Waals surface area contributed by atoms with Gasteiger partial charge in [0, 0.05) is 18.0 Å². The zero-order valence-corrected chi connectivity index (χ0v) is 7.59.